The quantitative estimate of drug-likeness (QED) is 0.552. The molecule has 10 heteroatoms. The van der Waals surface area contributed by atoms with Crippen LogP contribution in [-0.2, 0) is 10.0 Å². The normalized spacial score (nSPS) is 10.9. The minimum Gasteiger partial charge on any atom is -0.278 e. The molecule has 0 aliphatic rings. The van der Waals surface area contributed by atoms with Crippen LogP contribution in [-0.4, -0.2) is 25.2 Å². The highest BCUT2D eigenvalue weighted by atomic mass is 32.2. The summed E-state index contributed by atoms with van der Waals surface area (Å²) in [5.41, 5.74) is 5.74. The van der Waals surface area contributed by atoms with Crippen molar-refractivity contribution in [2.24, 2.45) is 0 Å². The topological polar surface area (TPSA) is 117 Å². The van der Waals surface area contributed by atoms with Gasteiger partial charge in [-0.05, 0) is 42.6 Å². The van der Waals surface area contributed by atoms with Gasteiger partial charge in [0, 0.05) is 11.9 Å². The predicted octanol–water partition coefficient (Wildman–Crippen LogP) is 2.33. The van der Waals surface area contributed by atoms with Gasteiger partial charge in [-0.15, -0.1) is 11.3 Å². The largest absolute Gasteiger partial charge is 0.278 e. The lowest BCUT2D eigenvalue weighted by molar-refractivity contribution is 0.0847. The Hall–Kier alpha value is -3.24. The van der Waals surface area contributed by atoms with Crippen LogP contribution in [0.3, 0.4) is 0 Å². The number of amides is 2. The number of hydrogen-bond acceptors (Lipinski definition) is 6. The number of sulfonamides is 1. The standard InChI is InChI=1S/C18H16N4O4S2/c1-12-8-9-13(11-19-12)17(23)20-21-18(24)14-5-2-3-6-15(14)22-28(25,26)16-7-4-10-27-16/h2-11,22H,1H3,(H,20,23)(H,21,24). The number of aromatic nitrogens is 1. The lowest BCUT2D eigenvalue weighted by Crippen LogP contribution is -2.42. The fraction of sp³-hybridized carbons (Fsp3) is 0.0556. The Morgan fingerprint density at radius 2 is 1.71 bits per heavy atom. The van der Waals surface area contributed by atoms with Crippen LogP contribution in [0.1, 0.15) is 26.4 Å². The highest BCUT2D eigenvalue weighted by Crippen LogP contribution is 2.22. The number of benzene rings is 1. The van der Waals surface area contributed by atoms with E-state index >= 15 is 0 Å². The van der Waals surface area contributed by atoms with Gasteiger partial charge in [-0.3, -0.25) is 30.1 Å². The summed E-state index contributed by atoms with van der Waals surface area (Å²) in [7, 11) is -3.81. The number of aryl methyl sites for hydroxylation is 1. The van der Waals surface area contributed by atoms with E-state index in [0.29, 0.717) is 0 Å². The first-order valence-electron chi connectivity index (χ1n) is 8.05. The highest BCUT2D eigenvalue weighted by molar-refractivity contribution is 7.94. The molecule has 0 spiro atoms. The smallest absolute Gasteiger partial charge is 0.271 e. The summed E-state index contributed by atoms with van der Waals surface area (Å²) < 4.78 is 27.3. The van der Waals surface area contributed by atoms with Crippen LogP contribution in [0.15, 0.2) is 64.3 Å². The van der Waals surface area contributed by atoms with Gasteiger partial charge < -0.3 is 0 Å². The van der Waals surface area contributed by atoms with E-state index in [4.69, 9.17) is 0 Å². The number of carbonyl (C=O) groups excluding carboxylic acids is 2. The molecule has 2 amide bonds. The lowest BCUT2D eigenvalue weighted by atomic mass is 10.2. The summed E-state index contributed by atoms with van der Waals surface area (Å²) in [5.74, 6) is -1.21. The lowest BCUT2D eigenvalue weighted by Gasteiger charge is -2.12. The maximum absolute atomic E-state index is 12.5. The number of nitrogens with zero attached hydrogens (tertiary/aromatic N) is 1. The van der Waals surface area contributed by atoms with Crippen molar-refractivity contribution in [3.05, 3.63) is 76.9 Å². The maximum atomic E-state index is 12.5. The molecule has 0 atom stereocenters. The van der Waals surface area contributed by atoms with Crippen molar-refractivity contribution in [2.45, 2.75) is 11.1 Å². The second-order valence-electron chi connectivity index (χ2n) is 5.68. The number of rotatable bonds is 5. The third-order valence-corrected chi connectivity index (χ3v) is 6.40. The third-order valence-electron chi connectivity index (χ3n) is 3.64. The number of hydrazine groups is 1. The molecule has 0 aliphatic heterocycles. The summed E-state index contributed by atoms with van der Waals surface area (Å²) >= 11 is 1.06. The second-order valence-corrected chi connectivity index (χ2v) is 8.54. The number of anilines is 1. The van der Waals surface area contributed by atoms with Crippen molar-refractivity contribution in [1.82, 2.24) is 15.8 Å². The SMILES string of the molecule is Cc1ccc(C(=O)NNC(=O)c2ccccc2NS(=O)(=O)c2cccs2)cn1. The van der Waals surface area contributed by atoms with E-state index in [0.717, 1.165) is 17.0 Å². The zero-order valence-electron chi connectivity index (χ0n) is 14.7. The van der Waals surface area contributed by atoms with Crippen molar-refractivity contribution < 1.29 is 18.0 Å². The molecular weight excluding hydrogens is 400 g/mol. The van der Waals surface area contributed by atoms with Crippen LogP contribution >= 0.6 is 11.3 Å². The molecule has 28 heavy (non-hydrogen) atoms. The molecule has 3 rings (SSSR count). The predicted molar refractivity (Wildman–Crippen MR) is 105 cm³/mol. The fourth-order valence-electron chi connectivity index (χ4n) is 2.24. The average Bonchev–Trinajstić information content (AvgIpc) is 3.22. The zero-order chi connectivity index (χ0) is 20.1. The third kappa shape index (κ3) is 4.53. The Balaban J connectivity index is 1.72. The van der Waals surface area contributed by atoms with Gasteiger partial charge in [-0.1, -0.05) is 18.2 Å². The van der Waals surface area contributed by atoms with Gasteiger partial charge in [0.15, 0.2) is 0 Å². The number of hydrogen-bond donors (Lipinski definition) is 3. The molecule has 8 nitrogen and oxygen atoms in total. The van der Waals surface area contributed by atoms with Crippen LogP contribution in [0.25, 0.3) is 0 Å². The zero-order valence-corrected chi connectivity index (χ0v) is 16.3. The van der Waals surface area contributed by atoms with Crippen LogP contribution in [0.2, 0.25) is 0 Å². The maximum Gasteiger partial charge on any atom is 0.271 e. The monoisotopic (exact) mass is 416 g/mol. The van der Waals surface area contributed by atoms with Crippen molar-refractivity contribution in [2.75, 3.05) is 4.72 Å². The molecule has 0 saturated carbocycles. The van der Waals surface area contributed by atoms with Crippen LogP contribution < -0.4 is 15.6 Å². The van der Waals surface area contributed by atoms with Crippen molar-refractivity contribution in [3.63, 3.8) is 0 Å². The number of nitrogens with one attached hydrogen (secondary N) is 3. The van der Waals surface area contributed by atoms with E-state index in [2.05, 4.69) is 20.6 Å². The summed E-state index contributed by atoms with van der Waals surface area (Å²) in [6.45, 7) is 1.79. The minimum atomic E-state index is -3.81. The van der Waals surface area contributed by atoms with E-state index < -0.39 is 21.8 Å². The van der Waals surface area contributed by atoms with Crippen LogP contribution in [0.5, 0.6) is 0 Å². The van der Waals surface area contributed by atoms with Crippen LogP contribution in [0, 0.1) is 6.92 Å². The summed E-state index contributed by atoms with van der Waals surface area (Å²) in [6, 6.07) is 12.4. The molecule has 2 aromatic heterocycles. The second kappa shape index (κ2) is 8.19. The Morgan fingerprint density at radius 3 is 2.39 bits per heavy atom. The molecule has 3 aromatic rings. The number of pyridine rings is 1. The summed E-state index contributed by atoms with van der Waals surface area (Å²) in [5, 5.41) is 1.64. The molecule has 0 unspecified atom stereocenters. The van der Waals surface area contributed by atoms with Gasteiger partial charge >= 0.3 is 0 Å². The Kier molecular flexibility index (Phi) is 5.71. The average molecular weight is 416 g/mol. The first-order chi connectivity index (χ1) is 13.4. The van der Waals surface area contributed by atoms with Gasteiger partial charge in [0.1, 0.15) is 4.21 Å². The first kappa shape index (κ1) is 19.5. The van der Waals surface area contributed by atoms with E-state index in [1.165, 1.54) is 24.4 Å². The van der Waals surface area contributed by atoms with Gasteiger partial charge in [-0.2, -0.15) is 0 Å². The Labute approximate surface area is 165 Å². The molecule has 3 N–H and O–H groups in total. The van der Waals surface area contributed by atoms with Gasteiger partial charge in [-0.25, -0.2) is 8.42 Å². The molecule has 0 aliphatic carbocycles. The number of thiophene rings is 1. The fourth-order valence-corrected chi connectivity index (χ4v) is 4.31. The molecule has 0 bridgehead atoms. The van der Waals surface area contributed by atoms with Crippen molar-refractivity contribution in [1.29, 1.82) is 0 Å². The van der Waals surface area contributed by atoms with Crippen molar-refractivity contribution in [3.8, 4) is 0 Å². The molecule has 0 saturated heterocycles. The van der Waals surface area contributed by atoms with Crippen molar-refractivity contribution >= 4 is 38.9 Å². The Bertz CT molecular complexity index is 1090. The van der Waals surface area contributed by atoms with E-state index in [1.807, 2.05) is 0 Å². The van der Waals surface area contributed by atoms with Gasteiger partial charge in [0.25, 0.3) is 21.8 Å². The molecule has 2 heterocycles. The Morgan fingerprint density at radius 1 is 0.964 bits per heavy atom. The summed E-state index contributed by atoms with van der Waals surface area (Å²) in [6.07, 6.45) is 1.39. The molecular formula is C18H16N4O4S2. The molecule has 1 aromatic carbocycles. The molecule has 0 radical (unpaired) electrons. The first-order valence-corrected chi connectivity index (χ1v) is 10.4. The van der Waals surface area contributed by atoms with Gasteiger partial charge in [0.05, 0.1) is 16.8 Å². The van der Waals surface area contributed by atoms with E-state index in [1.54, 1.807) is 42.6 Å². The molecule has 144 valence electrons. The van der Waals surface area contributed by atoms with E-state index in [9.17, 15) is 18.0 Å². The summed E-state index contributed by atoms with van der Waals surface area (Å²) in [4.78, 5) is 28.6. The van der Waals surface area contributed by atoms with Crippen LogP contribution in [0.4, 0.5) is 5.69 Å². The number of carbonyl (C=O) groups is 2. The molecule has 0 fully saturated rings. The van der Waals surface area contributed by atoms with Gasteiger partial charge in [0.2, 0.25) is 0 Å². The highest BCUT2D eigenvalue weighted by Gasteiger charge is 2.19. The number of para-hydroxylation sites is 1. The van der Waals surface area contributed by atoms with E-state index in [-0.39, 0.29) is 21.0 Å². The minimum absolute atomic E-state index is 0.0602.